The molecule has 96 valence electrons. The van der Waals surface area contributed by atoms with Crippen LogP contribution in [-0.2, 0) is 4.74 Å². The van der Waals surface area contributed by atoms with E-state index < -0.39 is 0 Å². The molecule has 0 spiro atoms. The number of nitriles is 1. The molecule has 1 unspecified atom stereocenters. The molecule has 1 aromatic carbocycles. The molecule has 1 aliphatic rings. The highest BCUT2D eigenvalue weighted by Crippen LogP contribution is 2.26. The van der Waals surface area contributed by atoms with Crippen LogP contribution in [0.3, 0.4) is 0 Å². The summed E-state index contributed by atoms with van der Waals surface area (Å²) in [5.74, 6) is 0. The Morgan fingerprint density at radius 3 is 3.00 bits per heavy atom. The minimum absolute atomic E-state index is 0.301. The van der Waals surface area contributed by atoms with Crippen LogP contribution in [0.15, 0.2) is 22.7 Å². The van der Waals surface area contributed by atoms with E-state index in [-0.39, 0.29) is 0 Å². The van der Waals surface area contributed by atoms with E-state index in [4.69, 9.17) is 4.74 Å². The van der Waals surface area contributed by atoms with Crippen LogP contribution >= 0.6 is 15.9 Å². The third kappa shape index (κ3) is 3.04. The summed E-state index contributed by atoms with van der Waals surface area (Å²) in [4.78, 5) is 2.22. The van der Waals surface area contributed by atoms with E-state index in [9.17, 15) is 5.26 Å². The Kier molecular flexibility index (Phi) is 4.62. The SMILES string of the molecule is CCN(CC1CCCO1)c1cc(Br)ccc1C#N. The summed E-state index contributed by atoms with van der Waals surface area (Å²) in [6.45, 7) is 4.72. The van der Waals surface area contributed by atoms with Gasteiger partial charge in [0.15, 0.2) is 0 Å². The van der Waals surface area contributed by atoms with Crippen molar-refractivity contribution in [2.24, 2.45) is 0 Å². The standard InChI is InChI=1S/C14H17BrN2O/c1-2-17(10-13-4-3-7-18-13)14-8-12(15)6-5-11(14)9-16/h5-6,8,13H,2-4,7,10H2,1H3. The lowest BCUT2D eigenvalue weighted by Crippen LogP contribution is -2.32. The summed E-state index contributed by atoms with van der Waals surface area (Å²) in [7, 11) is 0. The van der Waals surface area contributed by atoms with Crippen molar-refractivity contribution in [2.45, 2.75) is 25.9 Å². The van der Waals surface area contributed by atoms with Gasteiger partial charge >= 0.3 is 0 Å². The Morgan fingerprint density at radius 1 is 1.56 bits per heavy atom. The minimum Gasteiger partial charge on any atom is -0.376 e. The largest absolute Gasteiger partial charge is 0.376 e. The molecule has 0 saturated carbocycles. The van der Waals surface area contributed by atoms with E-state index in [0.717, 1.165) is 48.3 Å². The molecule has 0 bridgehead atoms. The predicted octanol–water partition coefficient (Wildman–Crippen LogP) is 3.33. The van der Waals surface area contributed by atoms with Crippen LogP contribution < -0.4 is 4.90 Å². The maximum atomic E-state index is 9.19. The molecule has 1 heterocycles. The maximum Gasteiger partial charge on any atom is 0.101 e. The van der Waals surface area contributed by atoms with E-state index in [0.29, 0.717) is 6.10 Å². The highest BCUT2D eigenvalue weighted by atomic mass is 79.9. The molecule has 1 atom stereocenters. The fourth-order valence-electron chi connectivity index (χ4n) is 2.29. The van der Waals surface area contributed by atoms with Gasteiger partial charge in [-0.15, -0.1) is 0 Å². The first-order valence-corrected chi connectivity index (χ1v) is 7.10. The zero-order valence-electron chi connectivity index (χ0n) is 10.5. The molecule has 0 amide bonds. The van der Waals surface area contributed by atoms with E-state index in [1.165, 1.54) is 0 Å². The number of anilines is 1. The van der Waals surface area contributed by atoms with Crippen molar-refractivity contribution >= 4 is 21.6 Å². The summed E-state index contributed by atoms with van der Waals surface area (Å²) >= 11 is 3.47. The van der Waals surface area contributed by atoms with Crippen molar-refractivity contribution in [3.8, 4) is 6.07 Å². The molecule has 0 radical (unpaired) electrons. The van der Waals surface area contributed by atoms with Crippen molar-refractivity contribution < 1.29 is 4.74 Å². The number of hydrogen-bond donors (Lipinski definition) is 0. The fraction of sp³-hybridized carbons (Fsp3) is 0.500. The molecule has 1 aromatic rings. The molecule has 0 aliphatic carbocycles. The van der Waals surface area contributed by atoms with Gasteiger partial charge in [-0.1, -0.05) is 15.9 Å². The van der Waals surface area contributed by atoms with Crippen molar-refractivity contribution in [1.82, 2.24) is 0 Å². The van der Waals surface area contributed by atoms with Gasteiger partial charge in [0.25, 0.3) is 0 Å². The van der Waals surface area contributed by atoms with Crippen LogP contribution in [0.4, 0.5) is 5.69 Å². The molecule has 0 aromatic heterocycles. The number of halogens is 1. The van der Waals surface area contributed by atoms with E-state index in [1.54, 1.807) is 0 Å². The Hall–Kier alpha value is -1.05. The lowest BCUT2D eigenvalue weighted by Gasteiger charge is -2.27. The van der Waals surface area contributed by atoms with Gasteiger partial charge in [-0.3, -0.25) is 0 Å². The van der Waals surface area contributed by atoms with Crippen molar-refractivity contribution in [3.63, 3.8) is 0 Å². The van der Waals surface area contributed by atoms with Gasteiger partial charge in [0.05, 0.1) is 17.4 Å². The van der Waals surface area contributed by atoms with Crippen molar-refractivity contribution in [2.75, 3.05) is 24.6 Å². The Labute approximate surface area is 116 Å². The highest BCUT2D eigenvalue weighted by Gasteiger charge is 2.20. The number of rotatable bonds is 4. The fourth-order valence-corrected chi connectivity index (χ4v) is 2.64. The number of likely N-dealkylation sites (N-methyl/N-ethyl adjacent to an activating group) is 1. The normalized spacial score (nSPS) is 18.6. The minimum atomic E-state index is 0.301. The Bertz CT molecular complexity index is 450. The highest BCUT2D eigenvalue weighted by molar-refractivity contribution is 9.10. The average molecular weight is 309 g/mol. The smallest absolute Gasteiger partial charge is 0.101 e. The first-order valence-electron chi connectivity index (χ1n) is 6.30. The van der Waals surface area contributed by atoms with Crippen LogP contribution in [0, 0.1) is 11.3 Å². The van der Waals surface area contributed by atoms with Crippen LogP contribution in [0.1, 0.15) is 25.3 Å². The maximum absolute atomic E-state index is 9.19. The number of hydrogen-bond acceptors (Lipinski definition) is 3. The molecule has 4 heteroatoms. The molecule has 0 N–H and O–H groups in total. The first-order chi connectivity index (χ1) is 8.74. The summed E-state index contributed by atoms with van der Waals surface area (Å²) in [5, 5.41) is 9.19. The second kappa shape index (κ2) is 6.21. The van der Waals surface area contributed by atoms with Gasteiger partial charge in [-0.25, -0.2) is 0 Å². The predicted molar refractivity (Wildman–Crippen MR) is 75.7 cm³/mol. The molecular weight excluding hydrogens is 292 g/mol. The van der Waals surface area contributed by atoms with Crippen LogP contribution in [0.5, 0.6) is 0 Å². The number of benzene rings is 1. The zero-order valence-corrected chi connectivity index (χ0v) is 12.1. The average Bonchev–Trinajstić information content (AvgIpc) is 2.88. The molecule has 1 aliphatic heterocycles. The lowest BCUT2D eigenvalue weighted by atomic mass is 10.1. The van der Waals surface area contributed by atoms with Crippen LogP contribution in [0.25, 0.3) is 0 Å². The molecule has 18 heavy (non-hydrogen) atoms. The van der Waals surface area contributed by atoms with Gasteiger partial charge in [0.1, 0.15) is 6.07 Å². The lowest BCUT2D eigenvalue weighted by molar-refractivity contribution is 0.115. The van der Waals surface area contributed by atoms with Crippen LogP contribution in [0.2, 0.25) is 0 Å². The Balaban J connectivity index is 2.20. The molecule has 1 saturated heterocycles. The molecule has 3 nitrogen and oxygen atoms in total. The summed E-state index contributed by atoms with van der Waals surface area (Å²) < 4.78 is 6.68. The summed E-state index contributed by atoms with van der Waals surface area (Å²) in [6, 6.07) is 8.03. The van der Waals surface area contributed by atoms with Crippen molar-refractivity contribution in [1.29, 1.82) is 5.26 Å². The van der Waals surface area contributed by atoms with Gasteiger partial charge in [0, 0.05) is 24.2 Å². The number of nitrogens with zero attached hydrogens (tertiary/aromatic N) is 2. The molecule has 1 fully saturated rings. The second-order valence-corrected chi connectivity index (χ2v) is 5.36. The summed E-state index contributed by atoms with van der Waals surface area (Å²) in [5.41, 5.74) is 1.71. The summed E-state index contributed by atoms with van der Waals surface area (Å²) in [6.07, 6.45) is 2.56. The van der Waals surface area contributed by atoms with E-state index in [1.807, 2.05) is 18.2 Å². The molecular formula is C14H17BrN2O. The van der Waals surface area contributed by atoms with E-state index in [2.05, 4.69) is 33.8 Å². The monoisotopic (exact) mass is 308 g/mol. The third-order valence-electron chi connectivity index (χ3n) is 3.25. The first kappa shape index (κ1) is 13.4. The van der Waals surface area contributed by atoms with Gasteiger partial charge in [-0.2, -0.15) is 5.26 Å². The zero-order chi connectivity index (χ0) is 13.0. The molecule has 2 rings (SSSR count). The Morgan fingerprint density at radius 2 is 2.39 bits per heavy atom. The van der Waals surface area contributed by atoms with Crippen LogP contribution in [-0.4, -0.2) is 25.8 Å². The van der Waals surface area contributed by atoms with Gasteiger partial charge in [0.2, 0.25) is 0 Å². The topological polar surface area (TPSA) is 36.3 Å². The second-order valence-electron chi connectivity index (χ2n) is 4.45. The van der Waals surface area contributed by atoms with Gasteiger partial charge in [-0.05, 0) is 38.0 Å². The quantitative estimate of drug-likeness (QED) is 0.856. The third-order valence-corrected chi connectivity index (χ3v) is 3.74. The van der Waals surface area contributed by atoms with Crippen molar-refractivity contribution in [3.05, 3.63) is 28.2 Å². The van der Waals surface area contributed by atoms with E-state index >= 15 is 0 Å². The van der Waals surface area contributed by atoms with Gasteiger partial charge < -0.3 is 9.64 Å². The number of ether oxygens (including phenoxy) is 1.